The highest BCUT2D eigenvalue weighted by Crippen LogP contribution is 2.34. The van der Waals surface area contributed by atoms with Crippen LogP contribution in [0.5, 0.6) is 0 Å². The maximum atomic E-state index is 9.64. The van der Waals surface area contributed by atoms with Gasteiger partial charge in [0.1, 0.15) is 11.8 Å². The Morgan fingerprint density at radius 1 is 1.38 bits per heavy atom. The fraction of sp³-hybridized carbons (Fsp3) is 0.400. The van der Waals surface area contributed by atoms with Crippen LogP contribution in [-0.2, 0) is 7.05 Å². The standard InChI is InChI=1S/C15H17N5O/c1-19-7-11(5-18-19)15-9-20(8-12(15)10-21)14-3-2-13(4-16)17-6-14/h2-3,5-7,12,15,21H,8-10H2,1H3/t12-,15-/m0/s1. The lowest BCUT2D eigenvalue weighted by Crippen LogP contribution is -2.20. The minimum atomic E-state index is 0.153. The Kier molecular flexibility index (Phi) is 3.59. The molecule has 3 rings (SSSR count). The van der Waals surface area contributed by atoms with Gasteiger partial charge in [0.05, 0.1) is 18.1 Å². The first-order valence-corrected chi connectivity index (χ1v) is 6.91. The van der Waals surface area contributed by atoms with Gasteiger partial charge in [-0.05, 0) is 17.7 Å². The Labute approximate surface area is 123 Å². The molecule has 0 bridgehead atoms. The molecule has 1 aliphatic rings. The summed E-state index contributed by atoms with van der Waals surface area (Å²) in [6.07, 6.45) is 5.60. The van der Waals surface area contributed by atoms with E-state index in [-0.39, 0.29) is 18.4 Å². The fourth-order valence-corrected chi connectivity index (χ4v) is 2.92. The van der Waals surface area contributed by atoms with Crippen LogP contribution in [0.15, 0.2) is 30.7 Å². The summed E-state index contributed by atoms with van der Waals surface area (Å²) in [6, 6.07) is 5.65. The molecule has 21 heavy (non-hydrogen) atoms. The molecule has 0 aromatic carbocycles. The first kappa shape index (κ1) is 13.6. The Balaban J connectivity index is 1.81. The molecule has 0 aliphatic carbocycles. The van der Waals surface area contributed by atoms with Crippen LogP contribution >= 0.6 is 0 Å². The molecule has 0 radical (unpaired) electrons. The molecular formula is C15H17N5O. The van der Waals surface area contributed by atoms with Crippen molar-refractivity contribution in [2.45, 2.75) is 5.92 Å². The Morgan fingerprint density at radius 2 is 2.24 bits per heavy atom. The van der Waals surface area contributed by atoms with Crippen molar-refractivity contribution >= 4 is 5.69 Å². The van der Waals surface area contributed by atoms with E-state index in [0.717, 1.165) is 24.3 Å². The van der Waals surface area contributed by atoms with Crippen LogP contribution in [0.25, 0.3) is 0 Å². The molecule has 1 fully saturated rings. The summed E-state index contributed by atoms with van der Waals surface area (Å²) in [5.74, 6) is 0.448. The summed E-state index contributed by atoms with van der Waals surface area (Å²) in [5.41, 5.74) is 2.56. The molecule has 0 saturated carbocycles. The molecule has 0 spiro atoms. The van der Waals surface area contributed by atoms with Gasteiger partial charge < -0.3 is 10.0 Å². The molecule has 3 heterocycles. The highest BCUT2D eigenvalue weighted by Gasteiger charge is 2.34. The Morgan fingerprint density at radius 3 is 2.81 bits per heavy atom. The van der Waals surface area contributed by atoms with Gasteiger partial charge in [-0.25, -0.2) is 4.98 Å². The second-order valence-corrected chi connectivity index (χ2v) is 5.41. The van der Waals surface area contributed by atoms with Crippen LogP contribution in [0, 0.1) is 17.2 Å². The molecule has 108 valence electrons. The lowest BCUT2D eigenvalue weighted by molar-refractivity contribution is 0.227. The molecule has 2 aromatic rings. The topological polar surface area (TPSA) is 78.0 Å². The second-order valence-electron chi connectivity index (χ2n) is 5.41. The van der Waals surface area contributed by atoms with E-state index in [9.17, 15) is 5.11 Å². The van der Waals surface area contributed by atoms with Gasteiger partial charge in [-0.15, -0.1) is 0 Å². The van der Waals surface area contributed by atoms with E-state index < -0.39 is 0 Å². The third kappa shape index (κ3) is 2.60. The number of aryl methyl sites for hydroxylation is 1. The third-order valence-corrected chi connectivity index (χ3v) is 4.06. The zero-order chi connectivity index (χ0) is 14.8. The van der Waals surface area contributed by atoms with Crippen molar-refractivity contribution in [2.24, 2.45) is 13.0 Å². The van der Waals surface area contributed by atoms with Crippen molar-refractivity contribution in [3.63, 3.8) is 0 Å². The number of hydrogen-bond donors (Lipinski definition) is 1. The van der Waals surface area contributed by atoms with Crippen LogP contribution in [0.2, 0.25) is 0 Å². The summed E-state index contributed by atoms with van der Waals surface area (Å²) in [4.78, 5) is 6.31. The zero-order valence-electron chi connectivity index (χ0n) is 11.8. The van der Waals surface area contributed by atoms with Crippen molar-refractivity contribution in [1.29, 1.82) is 5.26 Å². The zero-order valence-corrected chi connectivity index (χ0v) is 11.8. The summed E-state index contributed by atoms with van der Waals surface area (Å²) < 4.78 is 1.79. The predicted octanol–water partition coefficient (Wildman–Crippen LogP) is 0.899. The number of nitrogens with zero attached hydrogens (tertiary/aromatic N) is 5. The highest BCUT2D eigenvalue weighted by molar-refractivity contribution is 5.48. The van der Waals surface area contributed by atoms with E-state index in [4.69, 9.17) is 5.26 Å². The SMILES string of the molecule is Cn1cc([C@@H]2CN(c3ccc(C#N)nc3)C[C@H]2CO)cn1. The molecule has 1 N–H and O–H groups in total. The maximum Gasteiger partial charge on any atom is 0.140 e. The number of aliphatic hydroxyl groups excluding tert-OH is 1. The lowest BCUT2D eigenvalue weighted by atomic mass is 9.92. The summed E-state index contributed by atoms with van der Waals surface area (Å²) in [6.45, 7) is 1.76. The van der Waals surface area contributed by atoms with E-state index >= 15 is 0 Å². The largest absolute Gasteiger partial charge is 0.396 e. The van der Waals surface area contributed by atoms with Crippen molar-refractivity contribution in [2.75, 3.05) is 24.6 Å². The first-order chi connectivity index (χ1) is 10.2. The van der Waals surface area contributed by atoms with Crippen LogP contribution in [0.3, 0.4) is 0 Å². The quantitative estimate of drug-likeness (QED) is 0.905. The van der Waals surface area contributed by atoms with Gasteiger partial charge in [-0.2, -0.15) is 10.4 Å². The summed E-state index contributed by atoms with van der Waals surface area (Å²) in [5, 5.41) is 22.7. The molecule has 2 aromatic heterocycles. The minimum Gasteiger partial charge on any atom is -0.396 e. The van der Waals surface area contributed by atoms with Gasteiger partial charge in [0.2, 0.25) is 0 Å². The third-order valence-electron chi connectivity index (χ3n) is 4.06. The van der Waals surface area contributed by atoms with Crippen LogP contribution in [0.4, 0.5) is 5.69 Å². The fourth-order valence-electron chi connectivity index (χ4n) is 2.92. The minimum absolute atomic E-state index is 0.153. The van der Waals surface area contributed by atoms with E-state index in [1.165, 1.54) is 0 Å². The monoisotopic (exact) mass is 283 g/mol. The van der Waals surface area contributed by atoms with E-state index in [1.807, 2.05) is 31.6 Å². The maximum absolute atomic E-state index is 9.64. The van der Waals surface area contributed by atoms with Gasteiger partial charge >= 0.3 is 0 Å². The Bertz CT molecular complexity index is 657. The highest BCUT2D eigenvalue weighted by atomic mass is 16.3. The molecule has 6 nitrogen and oxygen atoms in total. The first-order valence-electron chi connectivity index (χ1n) is 6.91. The normalized spacial score (nSPS) is 21.5. The summed E-state index contributed by atoms with van der Waals surface area (Å²) >= 11 is 0. The molecule has 1 aliphatic heterocycles. The number of anilines is 1. The van der Waals surface area contributed by atoms with Crippen molar-refractivity contribution in [3.05, 3.63) is 42.0 Å². The van der Waals surface area contributed by atoms with Gasteiger partial charge in [0.25, 0.3) is 0 Å². The number of aromatic nitrogens is 3. The molecule has 2 atom stereocenters. The van der Waals surface area contributed by atoms with E-state index in [2.05, 4.69) is 15.0 Å². The summed E-state index contributed by atoms with van der Waals surface area (Å²) in [7, 11) is 1.90. The van der Waals surface area contributed by atoms with Gasteiger partial charge in [0.15, 0.2) is 0 Å². The van der Waals surface area contributed by atoms with E-state index in [0.29, 0.717) is 5.69 Å². The molecule has 0 unspecified atom stereocenters. The second kappa shape index (κ2) is 5.54. The van der Waals surface area contributed by atoms with Gasteiger partial charge in [-0.1, -0.05) is 0 Å². The van der Waals surface area contributed by atoms with Crippen molar-refractivity contribution in [3.8, 4) is 6.07 Å². The average Bonchev–Trinajstić information content (AvgIpc) is 3.13. The number of aliphatic hydroxyl groups is 1. The molecular weight excluding hydrogens is 266 g/mol. The van der Waals surface area contributed by atoms with Crippen LogP contribution in [-0.4, -0.2) is 39.6 Å². The van der Waals surface area contributed by atoms with Crippen LogP contribution in [0.1, 0.15) is 17.2 Å². The van der Waals surface area contributed by atoms with Crippen molar-refractivity contribution < 1.29 is 5.11 Å². The van der Waals surface area contributed by atoms with Crippen molar-refractivity contribution in [1.82, 2.24) is 14.8 Å². The van der Waals surface area contributed by atoms with Crippen LogP contribution < -0.4 is 4.90 Å². The smallest absolute Gasteiger partial charge is 0.140 e. The predicted molar refractivity (Wildman–Crippen MR) is 77.7 cm³/mol. The molecule has 1 saturated heterocycles. The van der Waals surface area contributed by atoms with Gasteiger partial charge in [-0.3, -0.25) is 4.68 Å². The number of nitriles is 1. The molecule has 6 heteroatoms. The average molecular weight is 283 g/mol. The Hall–Kier alpha value is -2.39. The molecule has 0 amide bonds. The number of pyridine rings is 1. The number of hydrogen-bond acceptors (Lipinski definition) is 5. The lowest BCUT2D eigenvalue weighted by Gasteiger charge is -2.17. The van der Waals surface area contributed by atoms with E-state index in [1.54, 1.807) is 16.9 Å². The number of rotatable bonds is 3. The van der Waals surface area contributed by atoms with Gasteiger partial charge in [0, 0.05) is 44.8 Å².